The molecule has 20 heterocycles. The van der Waals surface area contributed by atoms with Crippen LogP contribution in [0.15, 0.2) is 315 Å². The molecule has 15 aromatic carbocycles. The zero-order valence-electron chi connectivity index (χ0n) is 81.8. The van der Waals surface area contributed by atoms with Crippen LogP contribution in [0.4, 0.5) is 0 Å². The molecule has 14 heteroatoms. The van der Waals surface area contributed by atoms with E-state index in [2.05, 4.69) is 435 Å². The Hall–Kier alpha value is -14.8. The fourth-order valence-corrected chi connectivity index (χ4v) is 46.6. The molecule has 35 rings (SSSR count). The van der Waals surface area contributed by atoms with E-state index in [1.54, 1.807) is 32.3 Å². The Morgan fingerprint density at radius 1 is 0.227 bits per heavy atom. The Bertz CT molecular complexity index is 10000. The summed E-state index contributed by atoms with van der Waals surface area (Å²) in [4.78, 5) is 0. The van der Waals surface area contributed by atoms with E-state index in [0.717, 1.165) is 57.7 Å². The van der Waals surface area contributed by atoms with Crippen LogP contribution < -0.4 is 63.8 Å². The van der Waals surface area contributed by atoms with E-state index in [1.807, 2.05) is 0 Å². The second-order valence-corrected chi connectivity index (χ2v) is 60.9. The predicted molar refractivity (Wildman–Crippen MR) is 589 cm³/mol. The first kappa shape index (κ1) is 81.1. The van der Waals surface area contributed by atoms with Crippen LogP contribution in [0.3, 0.4) is 0 Å². The third-order valence-corrected chi connectivity index (χ3v) is 52.0. The van der Waals surface area contributed by atoms with E-state index in [1.165, 1.54) is 271 Å². The minimum atomic E-state index is -2.30. The van der Waals surface area contributed by atoms with Crippen molar-refractivity contribution in [2.75, 3.05) is 0 Å². The molecule has 141 heavy (non-hydrogen) atoms. The first-order valence-electron chi connectivity index (χ1n) is 51.2. The highest BCUT2D eigenvalue weighted by Gasteiger charge is 2.55. The zero-order chi connectivity index (χ0) is 93.9. The van der Waals surface area contributed by atoms with Crippen molar-refractivity contribution in [3.05, 3.63) is 417 Å². The second kappa shape index (κ2) is 28.3. The van der Waals surface area contributed by atoms with Crippen molar-refractivity contribution in [3.8, 4) is 11.1 Å². The number of aryl methyl sites for hydroxylation is 4. The van der Waals surface area contributed by atoms with E-state index in [4.69, 9.17) is 0 Å². The number of aromatic nitrogens is 10. The Kier molecular flexibility index (Phi) is 16.3. The summed E-state index contributed by atoms with van der Waals surface area (Å²) in [6.07, 6.45) is 2.26. The van der Waals surface area contributed by atoms with Gasteiger partial charge < -0.3 is 0 Å². The second-order valence-electron chi connectivity index (χ2n) is 44.0. The van der Waals surface area contributed by atoms with Gasteiger partial charge in [0.25, 0.3) is 28.2 Å². The van der Waals surface area contributed by atoms with Crippen molar-refractivity contribution in [1.82, 2.24) is 22.8 Å². The highest BCUT2D eigenvalue weighted by Crippen LogP contribution is 2.47. The highest BCUT2D eigenvalue weighted by atomic mass is 28.3. The van der Waals surface area contributed by atoms with Crippen LogP contribution in [0.25, 0.3) is 148 Å². The maximum atomic E-state index is 2.69. The molecule has 10 aliphatic heterocycles. The van der Waals surface area contributed by atoms with Crippen LogP contribution in [0.1, 0.15) is 101 Å². The Labute approximate surface area is 821 Å². The van der Waals surface area contributed by atoms with Gasteiger partial charge in [-0.25, -0.2) is 22.8 Å². The molecule has 10 aliphatic rings. The highest BCUT2D eigenvalue weighted by molar-refractivity contribution is 7.12. The van der Waals surface area contributed by atoms with Crippen molar-refractivity contribution in [3.63, 3.8) is 0 Å². The lowest BCUT2D eigenvalue weighted by Crippen LogP contribution is -2.76. The third kappa shape index (κ3) is 10.3. The normalized spacial score (nSPS) is 15.8. The summed E-state index contributed by atoms with van der Waals surface area (Å²) in [6.45, 7) is 31.3. The number of pyridine rings is 5. The summed E-state index contributed by atoms with van der Waals surface area (Å²) in [7, 11) is -7.47. The lowest BCUT2D eigenvalue weighted by molar-refractivity contribution is -0.492. The number of hydrogen-bond donors (Lipinski definition) is 0. The van der Waals surface area contributed by atoms with Crippen molar-refractivity contribution < 1.29 is 22.0 Å². The quantitative estimate of drug-likeness (QED) is 0.0937. The van der Waals surface area contributed by atoms with E-state index >= 15 is 0 Å². The van der Waals surface area contributed by atoms with Crippen LogP contribution in [-0.4, -0.2) is 55.1 Å². The van der Waals surface area contributed by atoms with Crippen molar-refractivity contribution in [2.45, 2.75) is 144 Å². The monoisotopic (exact) mass is 1880 g/mol. The number of imidazole rings is 5. The molecule has 0 spiro atoms. The minimum absolute atomic E-state index is 0.974. The minimum Gasteiger partial charge on any atom is -0.223 e. The van der Waals surface area contributed by atoms with Gasteiger partial charge in [0.1, 0.15) is 119 Å². The topological polar surface area (TPSA) is 45.1 Å². The molecule has 0 fully saturated rings. The number of fused-ring (bicyclic) bond motifs is 5. The van der Waals surface area contributed by atoms with Crippen LogP contribution in [0.2, 0.25) is 26.2 Å². The van der Waals surface area contributed by atoms with Gasteiger partial charge in [0, 0.05) is 140 Å². The molecule has 0 saturated carbocycles. The van der Waals surface area contributed by atoms with E-state index in [-0.39, 0.29) is 0 Å². The molecule has 0 radical (unpaired) electrons. The number of hydrogen-bond acceptors (Lipinski definition) is 0. The van der Waals surface area contributed by atoms with Gasteiger partial charge in [-0.3, -0.25) is 0 Å². The Morgan fingerprint density at radius 3 is 1.01 bits per heavy atom. The van der Waals surface area contributed by atoms with Crippen molar-refractivity contribution in [2.24, 2.45) is 0 Å². The fraction of sp³-hybridized carbons (Fsp3) is 0.173. The lowest BCUT2D eigenvalue weighted by atomic mass is 9.89. The number of nitrogens with zero attached hydrogens (tertiary/aromatic N) is 10. The van der Waals surface area contributed by atoms with Crippen LogP contribution in [0, 0.1) is 48.5 Å². The maximum absolute atomic E-state index is 2.69. The molecular weight excluding hydrogens is 1780 g/mol. The number of benzene rings is 15. The molecule has 0 atom stereocenters. The smallest absolute Gasteiger partial charge is 0.223 e. The SMILES string of the molecule is Cc1c2[n+]3c4c(cccc4c4cccc5c4c3n1C5)C[Si]2(C)C.Cc1c2[n+]3c4c(cccc4c4cccc5c4c3n1C5)C[Si]2(c1ccccc1)c1ccccc1.Cc1c2[n+]3c4c(cccc4c4cccc5c4c3n1C5)[Si](C)(C)C2.Cc1c2[n+]3c4c(cccc4c4cccc5c4c3n1C5)[Si](c1ccccc1)(c1ccccc1)C2.Cc1cccc(C)c1-c1cc2c3c(c1)c1cccc4c1c1n(c(C)c([n+]31)CC2)C4. The van der Waals surface area contributed by atoms with Gasteiger partial charge in [-0.15, -0.1) is 0 Å². The molecule has 25 aromatic rings. The van der Waals surface area contributed by atoms with E-state index < -0.39 is 32.3 Å². The van der Waals surface area contributed by atoms with Gasteiger partial charge in [0.05, 0.1) is 35.0 Å². The summed E-state index contributed by atoms with van der Waals surface area (Å²) in [5.74, 6) is 0. The van der Waals surface area contributed by atoms with Gasteiger partial charge in [-0.05, 0) is 109 Å². The van der Waals surface area contributed by atoms with Crippen LogP contribution in [-0.2, 0) is 69.7 Å². The standard InChI is InChI=1S/2C30H23N2Si.C27H23N2.2C20H19N2Si/c1-20-30-32-28-22(19-33(30,23-12-4-2-5-13-23)24-14-6-3-7-15-24)11-9-17-26(28)25-16-8-10-21-18-31(20)29(32)27(21)25;1-20-26-19-33(22-11-4-2-5-12-22,23-13-6-3-7-14-23)27-17-9-16-25-24-15-8-10-21-18-31(20)30(28(21)24)32(26)29(25)27;1-15-6-4-7-16(2)24(15)20-12-18-10-11-23-17(3)28-14-19-8-5-9-21-22(13-20)26(18)29(23)27(28)25(19)21;1-12-20-22-18-14(11-23(20,2)3)7-5-9-16(18)15-8-4-6-13-10-21(12)19(22)17(13)15;1-12-16-11-23(2,3)17-9-5-8-15-14-7-4-6-13-10-21(12)20(18(13)14)22(16)19(15)17/h2*2-17H,18-19H2,1H3;4-9,12-13H,10-11,14H2,1-3H3;2*4-9H,10-11H2,1-3H3/q5*+1. The molecule has 0 saturated heterocycles. The molecule has 0 unspecified atom stereocenters. The van der Waals surface area contributed by atoms with Crippen LogP contribution in [0.5, 0.6) is 0 Å². The number of rotatable bonds is 5. The summed E-state index contributed by atoms with van der Waals surface area (Å²) in [5.41, 5.74) is 43.6. The average Bonchev–Trinajstić information content (AvgIpc) is 1.57. The van der Waals surface area contributed by atoms with Gasteiger partial charge in [-0.1, -0.05) is 330 Å². The molecule has 0 N–H and O–H groups in total. The summed E-state index contributed by atoms with van der Waals surface area (Å²) in [5, 5.41) is 33.9. The molecule has 676 valence electrons. The maximum Gasteiger partial charge on any atom is 0.295 e. The van der Waals surface area contributed by atoms with Gasteiger partial charge in [0.2, 0.25) is 8.07 Å². The summed E-state index contributed by atoms with van der Waals surface area (Å²) >= 11 is 0. The molecule has 10 aromatic heterocycles. The third-order valence-electron chi connectivity index (χ3n) is 36.0. The summed E-state index contributed by atoms with van der Waals surface area (Å²) in [6, 6.07) is 124. The lowest BCUT2D eigenvalue weighted by Gasteiger charge is -2.35. The molecule has 10 nitrogen and oxygen atoms in total. The van der Waals surface area contributed by atoms with Gasteiger partial charge in [0.15, 0.2) is 13.8 Å². The van der Waals surface area contributed by atoms with Crippen molar-refractivity contribution in [1.29, 1.82) is 0 Å². The first-order valence-corrected chi connectivity index (χ1v) is 62.0. The van der Waals surface area contributed by atoms with Gasteiger partial charge >= 0.3 is 0 Å². The Morgan fingerprint density at radius 2 is 0.553 bits per heavy atom. The fourth-order valence-electron chi connectivity index (χ4n) is 30.2. The number of para-hydroxylation sites is 4. The largest absolute Gasteiger partial charge is 0.295 e. The van der Waals surface area contributed by atoms with E-state index in [9.17, 15) is 0 Å². The van der Waals surface area contributed by atoms with Crippen molar-refractivity contribution >= 4 is 211 Å². The first-order chi connectivity index (χ1) is 68.9. The molecule has 0 aliphatic carbocycles. The molecule has 0 bridgehead atoms. The molecular formula is C127H107N10Si4+5. The van der Waals surface area contributed by atoms with Crippen LogP contribution >= 0.6 is 0 Å². The Balaban J connectivity index is 0.0000000816. The van der Waals surface area contributed by atoms with E-state index in [0.29, 0.717) is 0 Å². The molecule has 0 amide bonds. The van der Waals surface area contributed by atoms with Gasteiger partial charge in [-0.2, -0.15) is 22.0 Å². The summed E-state index contributed by atoms with van der Waals surface area (Å²) < 4.78 is 26.0. The average molecular weight is 1890 g/mol. The zero-order valence-corrected chi connectivity index (χ0v) is 85.8. The predicted octanol–water partition coefficient (Wildman–Crippen LogP) is 19.6.